The third-order valence-corrected chi connectivity index (χ3v) is 3.50. The van der Waals surface area contributed by atoms with Gasteiger partial charge >= 0.3 is 7.60 Å². The molecule has 9 heteroatoms. The van der Waals surface area contributed by atoms with Gasteiger partial charge in [0, 0.05) is 25.2 Å². The summed E-state index contributed by atoms with van der Waals surface area (Å²) in [5.41, 5.74) is 0. The number of rotatable bonds is 7. The van der Waals surface area contributed by atoms with Gasteiger partial charge in [0.2, 0.25) is 5.91 Å². The molecule has 102 valence electrons. The summed E-state index contributed by atoms with van der Waals surface area (Å²) in [4.78, 5) is 39.1. The van der Waals surface area contributed by atoms with Crippen LogP contribution in [0.5, 0.6) is 0 Å². The Morgan fingerprint density at radius 3 is 2.24 bits per heavy atom. The van der Waals surface area contributed by atoms with E-state index in [0.29, 0.717) is 0 Å². The largest absolute Gasteiger partial charge is 0.346 e. The Kier molecular flexibility index (Phi) is 7.21. The fourth-order valence-electron chi connectivity index (χ4n) is 1.18. The van der Waals surface area contributed by atoms with E-state index in [0.717, 1.165) is 0 Å². The Morgan fingerprint density at radius 1 is 1.35 bits per heavy atom. The third-order valence-electron chi connectivity index (χ3n) is 2.06. The average molecular weight is 287 g/mol. The van der Waals surface area contributed by atoms with Crippen LogP contribution in [0.3, 0.4) is 0 Å². The van der Waals surface area contributed by atoms with Gasteiger partial charge in [-0.15, -0.1) is 0 Å². The van der Waals surface area contributed by atoms with Gasteiger partial charge in [0.1, 0.15) is 0 Å². The van der Waals surface area contributed by atoms with Crippen molar-refractivity contribution in [1.82, 2.24) is 4.90 Å². The highest BCUT2D eigenvalue weighted by molar-refractivity contribution is 7.51. The lowest BCUT2D eigenvalue weighted by atomic mass is 10.2. The molecule has 1 unspecified atom stereocenters. The van der Waals surface area contributed by atoms with Gasteiger partial charge in [-0.05, 0) is 0 Å². The Hall–Kier alpha value is -0.190. The third kappa shape index (κ3) is 8.52. The van der Waals surface area contributed by atoms with Crippen LogP contribution < -0.4 is 0 Å². The van der Waals surface area contributed by atoms with E-state index in [9.17, 15) is 13.9 Å². The van der Waals surface area contributed by atoms with Crippen molar-refractivity contribution in [1.29, 1.82) is 0 Å². The minimum atomic E-state index is -4.16. The molecule has 0 aliphatic carbocycles. The van der Waals surface area contributed by atoms with Gasteiger partial charge in [-0.1, -0.05) is 13.8 Å². The smallest absolute Gasteiger partial charge is 0.327 e. The number of nitrogens with zero attached hydrogens (tertiary/aromatic N) is 1. The van der Waals surface area contributed by atoms with Crippen molar-refractivity contribution in [3.05, 3.63) is 0 Å². The number of carbonyl (C=O) groups excluding carboxylic acids is 1. The first-order chi connectivity index (χ1) is 7.63. The summed E-state index contributed by atoms with van der Waals surface area (Å²) in [6.07, 6.45) is -0.484. The van der Waals surface area contributed by atoms with Crippen LogP contribution in [0, 0.1) is 5.92 Å². The monoisotopic (exact) mass is 287 g/mol. The molecule has 0 spiro atoms. The fourth-order valence-corrected chi connectivity index (χ4v) is 2.14. The lowest BCUT2D eigenvalue weighted by Crippen LogP contribution is -2.38. The van der Waals surface area contributed by atoms with Crippen LogP contribution in [0.2, 0.25) is 0 Å². The first kappa shape index (κ1) is 16.8. The molecule has 1 atom stereocenters. The molecule has 0 aromatic rings. The number of carbonyl (C=O) groups is 1. The number of hydrogen-bond donors (Lipinski definition) is 3. The summed E-state index contributed by atoms with van der Waals surface area (Å²) in [6.45, 7) is 3.27. The van der Waals surface area contributed by atoms with Gasteiger partial charge in [0.15, 0.2) is 8.03 Å². The van der Waals surface area contributed by atoms with E-state index in [-0.39, 0.29) is 31.1 Å². The zero-order valence-electron chi connectivity index (χ0n) is 9.87. The van der Waals surface area contributed by atoms with Gasteiger partial charge in [-0.2, -0.15) is 0 Å². The second-order valence-electron chi connectivity index (χ2n) is 4.01. The van der Waals surface area contributed by atoms with Crippen LogP contribution >= 0.6 is 15.6 Å². The number of hydrogen-bond acceptors (Lipinski definition) is 3. The quantitative estimate of drug-likeness (QED) is 0.573. The zero-order valence-corrected chi connectivity index (χ0v) is 11.8. The molecular weight excluding hydrogens is 268 g/mol. The zero-order chi connectivity index (χ0) is 13.6. The van der Waals surface area contributed by atoms with E-state index in [2.05, 4.69) is 0 Å². The van der Waals surface area contributed by atoms with Crippen molar-refractivity contribution in [2.24, 2.45) is 5.92 Å². The van der Waals surface area contributed by atoms with Crippen LogP contribution in [0.4, 0.5) is 0 Å². The molecule has 0 bridgehead atoms. The standard InChI is InChI=1S/C8H19NO6P2/c1-7(2)8(10)9(3-5-16(11)12)4-6-17(13,14)15/h7,16H,3-6H2,1-2H3,(H,11,12)(H2,13,14,15). The molecule has 0 radical (unpaired) electrons. The van der Waals surface area contributed by atoms with Gasteiger partial charge < -0.3 is 19.6 Å². The normalized spacial score (nSPS) is 13.8. The Bertz CT molecular complexity index is 326. The predicted octanol–water partition coefficient (Wildman–Crippen LogP) is 0.116. The molecule has 0 aliphatic heterocycles. The highest BCUT2D eigenvalue weighted by Crippen LogP contribution is 2.33. The first-order valence-electron chi connectivity index (χ1n) is 5.18. The van der Waals surface area contributed by atoms with Crippen molar-refractivity contribution < 1.29 is 28.6 Å². The predicted molar refractivity (Wildman–Crippen MR) is 64.4 cm³/mol. The molecule has 0 aromatic heterocycles. The minimum Gasteiger partial charge on any atom is -0.346 e. The van der Waals surface area contributed by atoms with Gasteiger partial charge in [-0.3, -0.25) is 13.9 Å². The molecule has 7 nitrogen and oxygen atoms in total. The molecule has 0 fully saturated rings. The van der Waals surface area contributed by atoms with Crippen LogP contribution in [0.1, 0.15) is 13.8 Å². The average Bonchev–Trinajstić information content (AvgIpc) is 2.14. The van der Waals surface area contributed by atoms with Gasteiger partial charge in [0.25, 0.3) is 0 Å². The molecular formula is C8H19NO6P2. The van der Waals surface area contributed by atoms with E-state index in [4.69, 9.17) is 14.7 Å². The summed E-state index contributed by atoms with van der Waals surface area (Å²) in [5.74, 6) is -0.588. The maximum absolute atomic E-state index is 11.7. The van der Waals surface area contributed by atoms with Gasteiger partial charge in [0.05, 0.1) is 6.16 Å². The Labute approximate surface area is 101 Å². The molecule has 0 saturated heterocycles. The molecule has 0 aromatic carbocycles. The topological polar surface area (TPSA) is 115 Å². The highest BCUT2D eigenvalue weighted by atomic mass is 31.2. The lowest BCUT2D eigenvalue weighted by Gasteiger charge is -2.24. The summed E-state index contributed by atoms with van der Waals surface area (Å²) in [7, 11) is -6.84. The molecule has 0 saturated carbocycles. The number of amides is 1. The SMILES string of the molecule is CC(C)C(=O)N(CC[PH](=O)O)CCP(=O)(O)O. The maximum Gasteiger partial charge on any atom is 0.327 e. The molecule has 1 amide bonds. The van der Waals surface area contributed by atoms with Crippen molar-refractivity contribution >= 4 is 21.5 Å². The van der Waals surface area contributed by atoms with Crippen molar-refractivity contribution in [2.75, 3.05) is 25.4 Å². The summed E-state index contributed by atoms with van der Waals surface area (Å²) < 4.78 is 21.3. The van der Waals surface area contributed by atoms with Crippen LogP contribution in [-0.2, 0) is 13.9 Å². The van der Waals surface area contributed by atoms with Crippen LogP contribution in [-0.4, -0.2) is 50.9 Å². The maximum atomic E-state index is 11.7. The van der Waals surface area contributed by atoms with Crippen molar-refractivity contribution in [3.8, 4) is 0 Å². The summed E-state index contributed by atoms with van der Waals surface area (Å²) in [6, 6.07) is 0. The molecule has 0 heterocycles. The summed E-state index contributed by atoms with van der Waals surface area (Å²) >= 11 is 0. The molecule has 3 N–H and O–H groups in total. The molecule has 0 rings (SSSR count). The van der Waals surface area contributed by atoms with Crippen LogP contribution in [0.25, 0.3) is 0 Å². The van der Waals surface area contributed by atoms with Crippen molar-refractivity contribution in [3.63, 3.8) is 0 Å². The second-order valence-corrected chi connectivity index (χ2v) is 7.08. The summed E-state index contributed by atoms with van der Waals surface area (Å²) in [5, 5.41) is 0. The van der Waals surface area contributed by atoms with E-state index in [1.165, 1.54) is 4.90 Å². The Morgan fingerprint density at radius 2 is 1.88 bits per heavy atom. The van der Waals surface area contributed by atoms with E-state index < -0.39 is 21.8 Å². The van der Waals surface area contributed by atoms with E-state index >= 15 is 0 Å². The van der Waals surface area contributed by atoms with Crippen molar-refractivity contribution in [2.45, 2.75) is 13.8 Å². The Balaban J connectivity index is 4.45. The second kappa shape index (κ2) is 7.29. The minimum absolute atomic E-state index is 0.0469. The lowest BCUT2D eigenvalue weighted by molar-refractivity contribution is -0.133. The van der Waals surface area contributed by atoms with E-state index in [1.807, 2.05) is 0 Å². The highest BCUT2D eigenvalue weighted by Gasteiger charge is 2.21. The molecule has 17 heavy (non-hydrogen) atoms. The van der Waals surface area contributed by atoms with E-state index in [1.54, 1.807) is 13.8 Å². The van der Waals surface area contributed by atoms with Gasteiger partial charge in [-0.25, -0.2) is 0 Å². The van der Waals surface area contributed by atoms with Crippen LogP contribution in [0.15, 0.2) is 0 Å². The molecule has 0 aliphatic rings. The fraction of sp³-hybridized carbons (Fsp3) is 0.875. The first-order valence-corrected chi connectivity index (χ1v) is 8.54.